The smallest absolute Gasteiger partial charge is 0.00213 e. The van der Waals surface area contributed by atoms with E-state index in [2.05, 4.69) is 23.9 Å². The van der Waals surface area contributed by atoms with Crippen molar-refractivity contribution in [2.24, 2.45) is 0 Å². The second kappa shape index (κ2) is 7.30. The molecule has 0 aromatic carbocycles. The summed E-state index contributed by atoms with van der Waals surface area (Å²) in [6, 6.07) is 0. The van der Waals surface area contributed by atoms with Crippen molar-refractivity contribution in [2.75, 3.05) is 40.3 Å². The summed E-state index contributed by atoms with van der Waals surface area (Å²) in [4.78, 5) is 4.72. The van der Waals surface area contributed by atoms with Gasteiger partial charge in [0.05, 0.1) is 0 Å². The standard InChI is InChI=1S/2C5H11N.H2O/c2*1-6-4-2-3-5-6;/h2*2-5H2,1H3;1H2. The monoisotopic (exact) mass is 188 g/mol. The Bertz CT molecular complexity index is 93.5. The number of hydrogen-bond donors (Lipinski definition) is 0. The van der Waals surface area contributed by atoms with Crippen LogP contribution in [0.4, 0.5) is 0 Å². The van der Waals surface area contributed by atoms with Crippen LogP contribution >= 0.6 is 0 Å². The van der Waals surface area contributed by atoms with Crippen LogP contribution in [0.15, 0.2) is 0 Å². The van der Waals surface area contributed by atoms with E-state index in [1.165, 1.54) is 51.9 Å². The van der Waals surface area contributed by atoms with Gasteiger partial charge >= 0.3 is 0 Å². The molecule has 0 spiro atoms. The van der Waals surface area contributed by atoms with Crippen LogP contribution in [-0.2, 0) is 0 Å². The lowest BCUT2D eigenvalue weighted by Gasteiger charge is -2.01. The topological polar surface area (TPSA) is 38.0 Å². The molecule has 0 atom stereocenters. The molecule has 13 heavy (non-hydrogen) atoms. The number of nitrogens with zero attached hydrogens (tertiary/aromatic N) is 2. The van der Waals surface area contributed by atoms with E-state index in [0.717, 1.165) is 0 Å². The highest BCUT2D eigenvalue weighted by atomic mass is 16.0. The molecule has 2 heterocycles. The van der Waals surface area contributed by atoms with Gasteiger partial charge in [0.1, 0.15) is 0 Å². The largest absolute Gasteiger partial charge is 0.412 e. The van der Waals surface area contributed by atoms with Crippen molar-refractivity contribution < 1.29 is 5.48 Å². The molecule has 3 nitrogen and oxygen atoms in total. The van der Waals surface area contributed by atoms with Gasteiger partial charge in [-0.15, -0.1) is 0 Å². The predicted molar refractivity (Wildman–Crippen MR) is 57.1 cm³/mol. The molecular formula is C10H24N2O. The summed E-state index contributed by atoms with van der Waals surface area (Å²) in [5.41, 5.74) is 0. The first-order valence-corrected chi connectivity index (χ1v) is 5.16. The Morgan fingerprint density at radius 1 is 0.615 bits per heavy atom. The van der Waals surface area contributed by atoms with Gasteiger partial charge in [0, 0.05) is 0 Å². The van der Waals surface area contributed by atoms with E-state index in [1.54, 1.807) is 0 Å². The zero-order valence-electron chi connectivity index (χ0n) is 9.05. The fraction of sp³-hybridized carbons (Fsp3) is 1.00. The van der Waals surface area contributed by atoms with Gasteiger partial charge in [-0.1, -0.05) is 0 Å². The van der Waals surface area contributed by atoms with Crippen LogP contribution in [0.1, 0.15) is 25.7 Å². The van der Waals surface area contributed by atoms with Gasteiger partial charge in [-0.05, 0) is 66.0 Å². The van der Waals surface area contributed by atoms with Gasteiger partial charge in [-0.2, -0.15) is 0 Å². The number of likely N-dealkylation sites (tertiary alicyclic amines) is 2. The maximum Gasteiger partial charge on any atom is -0.00213 e. The Hall–Kier alpha value is -0.120. The van der Waals surface area contributed by atoms with Crippen LogP contribution in [0.2, 0.25) is 0 Å². The molecule has 0 radical (unpaired) electrons. The van der Waals surface area contributed by atoms with Gasteiger partial charge < -0.3 is 15.3 Å². The molecule has 0 unspecified atom stereocenters. The van der Waals surface area contributed by atoms with E-state index in [9.17, 15) is 0 Å². The van der Waals surface area contributed by atoms with E-state index in [1.807, 2.05) is 0 Å². The summed E-state index contributed by atoms with van der Waals surface area (Å²) in [6.07, 6.45) is 5.65. The molecule has 2 rings (SSSR count). The van der Waals surface area contributed by atoms with Gasteiger partial charge in [0.2, 0.25) is 0 Å². The van der Waals surface area contributed by atoms with Crippen molar-refractivity contribution in [1.29, 1.82) is 0 Å². The van der Waals surface area contributed by atoms with Crippen molar-refractivity contribution in [3.8, 4) is 0 Å². The third-order valence-electron chi connectivity index (χ3n) is 2.66. The lowest BCUT2D eigenvalue weighted by molar-refractivity contribution is 0.418. The van der Waals surface area contributed by atoms with E-state index < -0.39 is 0 Å². The summed E-state index contributed by atoms with van der Waals surface area (Å²) in [6.45, 7) is 5.28. The number of rotatable bonds is 0. The van der Waals surface area contributed by atoms with Crippen molar-refractivity contribution in [3.63, 3.8) is 0 Å². The second-order valence-corrected chi connectivity index (χ2v) is 4.02. The minimum Gasteiger partial charge on any atom is -0.412 e. The molecular weight excluding hydrogens is 164 g/mol. The lowest BCUT2D eigenvalue weighted by Crippen LogP contribution is -2.10. The van der Waals surface area contributed by atoms with E-state index >= 15 is 0 Å². The van der Waals surface area contributed by atoms with Gasteiger partial charge in [-0.25, -0.2) is 0 Å². The Labute approximate surface area is 82.0 Å². The van der Waals surface area contributed by atoms with E-state index in [4.69, 9.17) is 0 Å². The maximum atomic E-state index is 2.36. The molecule has 2 aliphatic rings. The summed E-state index contributed by atoms with van der Waals surface area (Å²) in [7, 11) is 4.35. The molecule has 2 fully saturated rings. The molecule has 80 valence electrons. The Balaban J connectivity index is 0.000000206. The van der Waals surface area contributed by atoms with Crippen LogP contribution in [0, 0.1) is 0 Å². The van der Waals surface area contributed by atoms with Crippen LogP contribution in [0.3, 0.4) is 0 Å². The van der Waals surface area contributed by atoms with E-state index in [0.29, 0.717) is 0 Å². The van der Waals surface area contributed by atoms with Crippen LogP contribution < -0.4 is 0 Å². The quantitative estimate of drug-likeness (QED) is 0.558. The average Bonchev–Trinajstić information content (AvgIpc) is 2.63. The molecule has 3 heteroatoms. The van der Waals surface area contributed by atoms with Crippen molar-refractivity contribution in [1.82, 2.24) is 9.80 Å². The Morgan fingerprint density at radius 2 is 0.846 bits per heavy atom. The van der Waals surface area contributed by atoms with E-state index in [-0.39, 0.29) is 5.48 Å². The molecule has 0 aromatic heterocycles. The third-order valence-corrected chi connectivity index (χ3v) is 2.66. The summed E-state index contributed by atoms with van der Waals surface area (Å²) in [5, 5.41) is 0. The highest BCUT2D eigenvalue weighted by Gasteiger charge is 2.03. The first-order valence-electron chi connectivity index (χ1n) is 5.16. The fourth-order valence-electron chi connectivity index (χ4n) is 1.75. The lowest BCUT2D eigenvalue weighted by atomic mass is 10.4. The van der Waals surface area contributed by atoms with Crippen molar-refractivity contribution >= 4 is 0 Å². The highest BCUT2D eigenvalue weighted by molar-refractivity contribution is 4.59. The highest BCUT2D eigenvalue weighted by Crippen LogP contribution is 2.02. The van der Waals surface area contributed by atoms with Crippen LogP contribution in [0.25, 0.3) is 0 Å². The molecule has 2 N–H and O–H groups in total. The molecule has 0 aliphatic carbocycles. The minimum absolute atomic E-state index is 0. The second-order valence-electron chi connectivity index (χ2n) is 4.02. The maximum absolute atomic E-state index is 2.36. The van der Waals surface area contributed by atoms with Crippen LogP contribution in [0.5, 0.6) is 0 Å². The normalized spacial score (nSPS) is 23.5. The molecule has 0 bridgehead atoms. The summed E-state index contributed by atoms with van der Waals surface area (Å²) in [5.74, 6) is 0. The van der Waals surface area contributed by atoms with Gasteiger partial charge in [0.25, 0.3) is 0 Å². The van der Waals surface area contributed by atoms with Crippen molar-refractivity contribution in [3.05, 3.63) is 0 Å². The van der Waals surface area contributed by atoms with Crippen molar-refractivity contribution in [2.45, 2.75) is 25.7 Å². The predicted octanol–water partition coefficient (Wildman–Crippen LogP) is 0.599. The average molecular weight is 188 g/mol. The summed E-state index contributed by atoms with van der Waals surface area (Å²) >= 11 is 0. The first-order chi connectivity index (χ1) is 5.79. The molecule has 0 aromatic rings. The molecule has 0 amide bonds. The molecule has 0 saturated carbocycles. The first kappa shape index (κ1) is 12.9. The minimum atomic E-state index is 0. The van der Waals surface area contributed by atoms with Crippen LogP contribution in [-0.4, -0.2) is 55.6 Å². The fourth-order valence-corrected chi connectivity index (χ4v) is 1.75. The molecule has 2 saturated heterocycles. The zero-order chi connectivity index (χ0) is 8.81. The Morgan fingerprint density at radius 3 is 0.923 bits per heavy atom. The van der Waals surface area contributed by atoms with Gasteiger partial charge in [-0.3, -0.25) is 0 Å². The molecule has 2 aliphatic heterocycles. The zero-order valence-corrected chi connectivity index (χ0v) is 9.05. The Kier molecular flexibility index (Phi) is 7.23. The van der Waals surface area contributed by atoms with Gasteiger partial charge in [0.15, 0.2) is 0 Å². The summed E-state index contributed by atoms with van der Waals surface area (Å²) < 4.78 is 0. The number of hydrogen-bond acceptors (Lipinski definition) is 2. The third kappa shape index (κ3) is 6.02. The SMILES string of the molecule is CN1CCCC1.CN1CCCC1.O.